The average Bonchev–Trinajstić information content (AvgIpc) is 2.84. The maximum atomic E-state index is 12.1. The fraction of sp³-hybridized carbons (Fsp3) is 0.533. The van der Waals surface area contributed by atoms with E-state index in [0.29, 0.717) is 5.56 Å². The molecule has 0 fully saturated rings. The Balaban J connectivity index is 2.63. The first-order chi connectivity index (χ1) is 9.73. The van der Waals surface area contributed by atoms with Crippen molar-refractivity contribution in [3.63, 3.8) is 0 Å². The third-order valence-corrected chi connectivity index (χ3v) is 3.04. The van der Waals surface area contributed by atoms with Gasteiger partial charge in [0.1, 0.15) is 5.69 Å². The van der Waals surface area contributed by atoms with Crippen molar-refractivity contribution in [1.29, 1.82) is 0 Å². The highest BCUT2D eigenvalue weighted by Gasteiger charge is 2.22. The number of H-pyrrole nitrogens is 1. The van der Waals surface area contributed by atoms with Crippen LogP contribution in [0.3, 0.4) is 0 Å². The monoisotopic (exact) mass is 294 g/mol. The van der Waals surface area contributed by atoms with Crippen molar-refractivity contribution in [1.82, 2.24) is 9.88 Å². The average molecular weight is 294 g/mol. The van der Waals surface area contributed by atoms with Crippen molar-refractivity contribution >= 4 is 17.7 Å². The molecule has 0 bridgehead atoms. The first-order valence-electron chi connectivity index (χ1n) is 6.91. The zero-order chi connectivity index (χ0) is 16.2. The van der Waals surface area contributed by atoms with Crippen LogP contribution in [0.4, 0.5) is 0 Å². The van der Waals surface area contributed by atoms with Gasteiger partial charge in [0.05, 0.1) is 0 Å². The minimum Gasteiger partial charge on any atom is -0.451 e. The van der Waals surface area contributed by atoms with Gasteiger partial charge in [0.15, 0.2) is 12.4 Å². The number of ether oxygens (including phenoxy) is 1. The van der Waals surface area contributed by atoms with E-state index in [-0.39, 0.29) is 36.1 Å². The summed E-state index contributed by atoms with van der Waals surface area (Å²) in [6.07, 6.45) is 1.44. The summed E-state index contributed by atoms with van der Waals surface area (Å²) < 4.78 is 4.99. The Morgan fingerprint density at radius 2 is 1.76 bits per heavy atom. The Hall–Kier alpha value is -2.11. The molecule has 1 aromatic heterocycles. The number of aromatic nitrogens is 1. The molecule has 21 heavy (non-hydrogen) atoms. The van der Waals surface area contributed by atoms with E-state index < -0.39 is 5.97 Å². The summed E-state index contributed by atoms with van der Waals surface area (Å²) in [5.74, 6) is -1.04. The fourth-order valence-electron chi connectivity index (χ4n) is 2.17. The topological polar surface area (TPSA) is 79.5 Å². The molecule has 1 amide bonds. The minimum absolute atomic E-state index is 0.0333. The second-order valence-corrected chi connectivity index (χ2v) is 5.42. The lowest BCUT2D eigenvalue weighted by atomic mass is 10.2. The molecule has 0 aromatic carbocycles. The minimum atomic E-state index is -0.650. The number of esters is 1. The molecule has 0 radical (unpaired) electrons. The van der Waals surface area contributed by atoms with E-state index in [1.807, 2.05) is 27.7 Å². The van der Waals surface area contributed by atoms with E-state index in [1.165, 1.54) is 19.2 Å². The molecule has 1 aromatic rings. The summed E-state index contributed by atoms with van der Waals surface area (Å²) in [4.78, 5) is 39.3. The molecule has 0 aliphatic heterocycles. The summed E-state index contributed by atoms with van der Waals surface area (Å²) >= 11 is 0. The van der Waals surface area contributed by atoms with Crippen molar-refractivity contribution in [3.05, 3.63) is 23.5 Å². The van der Waals surface area contributed by atoms with Crippen LogP contribution in [0.25, 0.3) is 0 Å². The van der Waals surface area contributed by atoms with Gasteiger partial charge in [-0.15, -0.1) is 0 Å². The number of rotatable bonds is 6. The van der Waals surface area contributed by atoms with Gasteiger partial charge in [0.25, 0.3) is 5.91 Å². The van der Waals surface area contributed by atoms with Crippen LogP contribution < -0.4 is 0 Å². The van der Waals surface area contributed by atoms with Crippen LogP contribution >= 0.6 is 0 Å². The number of hydrogen-bond donors (Lipinski definition) is 1. The number of hydrogen-bond acceptors (Lipinski definition) is 4. The van der Waals surface area contributed by atoms with Gasteiger partial charge in [-0.25, -0.2) is 4.79 Å². The SMILES string of the molecule is CC(=O)c1c[nH]c(C(=O)OCC(=O)N(C(C)C)C(C)C)c1. The number of nitrogens with zero attached hydrogens (tertiary/aromatic N) is 1. The molecule has 0 aliphatic rings. The molecule has 1 rings (SSSR count). The Morgan fingerprint density at radius 3 is 2.19 bits per heavy atom. The van der Waals surface area contributed by atoms with E-state index in [4.69, 9.17) is 4.74 Å². The zero-order valence-corrected chi connectivity index (χ0v) is 13.1. The van der Waals surface area contributed by atoms with Crippen LogP contribution in [0.15, 0.2) is 12.3 Å². The van der Waals surface area contributed by atoms with Gasteiger partial charge in [0.2, 0.25) is 0 Å². The van der Waals surface area contributed by atoms with E-state index >= 15 is 0 Å². The Morgan fingerprint density at radius 1 is 1.19 bits per heavy atom. The number of amides is 1. The number of ketones is 1. The molecule has 0 unspecified atom stereocenters. The Bertz CT molecular complexity index is 524. The van der Waals surface area contributed by atoms with Crippen LogP contribution in [-0.4, -0.2) is 46.2 Å². The highest BCUT2D eigenvalue weighted by atomic mass is 16.5. The second-order valence-electron chi connectivity index (χ2n) is 5.42. The molecule has 1 N–H and O–H groups in total. The van der Waals surface area contributed by atoms with Gasteiger partial charge >= 0.3 is 5.97 Å². The molecule has 0 spiro atoms. The van der Waals surface area contributed by atoms with Gasteiger partial charge in [-0.1, -0.05) is 0 Å². The van der Waals surface area contributed by atoms with Crippen LogP contribution in [0, 0.1) is 0 Å². The highest BCUT2D eigenvalue weighted by Crippen LogP contribution is 2.08. The first kappa shape index (κ1) is 16.9. The number of carbonyl (C=O) groups excluding carboxylic acids is 3. The number of Topliss-reactive ketones (excluding diaryl/α,β-unsaturated/α-hetero) is 1. The predicted octanol–water partition coefficient (Wildman–Crippen LogP) is 2.02. The quantitative estimate of drug-likeness (QED) is 0.643. The molecule has 6 nitrogen and oxygen atoms in total. The lowest BCUT2D eigenvalue weighted by Gasteiger charge is -2.30. The molecule has 0 aliphatic carbocycles. The molecule has 6 heteroatoms. The molecular weight excluding hydrogens is 272 g/mol. The normalized spacial score (nSPS) is 10.8. The maximum absolute atomic E-state index is 12.1. The molecular formula is C15H22N2O4. The highest BCUT2D eigenvalue weighted by molar-refractivity contribution is 5.97. The summed E-state index contributed by atoms with van der Waals surface area (Å²) in [6, 6.07) is 1.48. The van der Waals surface area contributed by atoms with Gasteiger partial charge in [-0.3, -0.25) is 9.59 Å². The molecule has 116 valence electrons. The number of nitrogens with one attached hydrogen (secondary N) is 1. The van der Waals surface area contributed by atoms with Gasteiger partial charge in [-0.05, 0) is 40.7 Å². The van der Waals surface area contributed by atoms with Gasteiger partial charge < -0.3 is 14.6 Å². The van der Waals surface area contributed by atoms with Crippen LogP contribution in [0.5, 0.6) is 0 Å². The third kappa shape index (κ3) is 4.44. The zero-order valence-electron chi connectivity index (χ0n) is 13.1. The van der Waals surface area contributed by atoms with Crippen molar-refractivity contribution in [2.75, 3.05) is 6.61 Å². The van der Waals surface area contributed by atoms with E-state index in [9.17, 15) is 14.4 Å². The van der Waals surface area contributed by atoms with Crippen molar-refractivity contribution < 1.29 is 19.1 Å². The molecule has 0 saturated heterocycles. The van der Waals surface area contributed by atoms with Crippen LogP contribution in [0.1, 0.15) is 55.5 Å². The van der Waals surface area contributed by atoms with E-state index in [0.717, 1.165) is 0 Å². The fourth-order valence-corrected chi connectivity index (χ4v) is 2.17. The lowest BCUT2D eigenvalue weighted by molar-refractivity contribution is -0.138. The standard InChI is InChI=1S/C15H22N2O4/c1-9(2)17(10(3)4)14(19)8-21-15(20)13-6-12(7-16-13)11(5)18/h6-7,9-10,16H,8H2,1-5H3. The van der Waals surface area contributed by atoms with E-state index in [1.54, 1.807) is 4.90 Å². The second kappa shape index (κ2) is 7.06. The molecule has 0 saturated carbocycles. The van der Waals surface area contributed by atoms with Crippen LogP contribution in [0.2, 0.25) is 0 Å². The van der Waals surface area contributed by atoms with Crippen molar-refractivity contribution in [2.45, 2.75) is 46.7 Å². The maximum Gasteiger partial charge on any atom is 0.355 e. The van der Waals surface area contributed by atoms with E-state index in [2.05, 4.69) is 4.98 Å². The largest absolute Gasteiger partial charge is 0.451 e. The lowest BCUT2D eigenvalue weighted by Crippen LogP contribution is -2.44. The summed E-state index contributed by atoms with van der Waals surface area (Å²) in [5.41, 5.74) is 0.563. The Labute approximate surface area is 124 Å². The number of aromatic amines is 1. The van der Waals surface area contributed by atoms with Crippen LogP contribution in [-0.2, 0) is 9.53 Å². The predicted molar refractivity (Wildman–Crippen MR) is 78.2 cm³/mol. The summed E-state index contributed by atoms with van der Waals surface area (Å²) in [7, 11) is 0. The summed E-state index contributed by atoms with van der Waals surface area (Å²) in [6.45, 7) is 8.72. The number of carbonyl (C=O) groups is 3. The van der Waals surface area contributed by atoms with Crippen molar-refractivity contribution in [2.24, 2.45) is 0 Å². The Kier molecular flexibility index (Phi) is 5.69. The van der Waals surface area contributed by atoms with Crippen molar-refractivity contribution in [3.8, 4) is 0 Å². The first-order valence-corrected chi connectivity index (χ1v) is 6.91. The smallest absolute Gasteiger partial charge is 0.355 e. The van der Waals surface area contributed by atoms with Gasteiger partial charge in [0, 0.05) is 23.8 Å². The molecule has 0 atom stereocenters. The summed E-state index contributed by atoms with van der Waals surface area (Å²) in [5, 5.41) is 0. The third-order valence-electron chi connectivity index (χ3n) is 3.04. The van der Waals surface area contributed by atoms with Gasteiger partial charge in [-0.2, -0.15) is 0 Å². The molecule has 1 heterocycles.